The molecule has 1 aromatic heterocycles. The summed E-state index contributed by atoms with van der Waals surface area (Å²) >= 11 is 3.38. The van der Waals surface area contributed by atoms with Crippen LogP contribution < -0.4 is 9.47 Å². The van der Waals surface area contributed by atoms with Gasteiger partial charge in [-0.15, -0.1) is 0 Å². The highest BCUT2D eigenvalue weighted by molar-refractivity contribution is 9.10. The molecule has 1 atom stereocenters. The van der Waals surface area contributed by atoms with E-state index in [1.165, 1.54) is 19.2 Å². The molecular weight excluding hydrogens is 379 g/mol. The lowest BCUT2D eigenvalue weighted by Gasteiger charge is -2.17. The first-order valence-corrected chi connectivity index (χ1v) is 8.28. The lowest BCUT2D eigenvalue weighted by molar-refractivity contribution is 0.0770. The number of benzene rings is 1. The zero-order valence-corrected chi connectivity index (χ0v) is 14.6. The third-order valence-corrected chi connectivity index (χ3v) is 4.44. The average molecular weight is 395 g/mol. The highest BCUT2D eigenvalue weighted by atomic mass is 79.9. The molecule has 2 heterocycles. The van der Waals surface area contributed by atoms with Gasteiger partial charge in [-0.1, -0.05) is 0 Å². The van der Waals surface area contributed by atoms with Crippen LogP contribution in [0, 0.1) is 5.82 Å². The predicted octanol–water partition coefficient (Wildman–Crippen LogP) is 3.29. The molecule has 126 valence electrons. The van der Waals surface area contributed by atoms with E-state index in [-0.39, 0.29) is 17.8 Å². The number of nitrogens with zero attached hydrogens (tertiary/aromatic N) is 2. The Bertz CT molecular complexity index is 756. The fourth-order valence-corrected chi connectivity index (χ4v) is 2.96. The molecule has 0 radical (unpaired) electrons. The number of halogens is 2. The fourth-order valence-electron chi connectivity index (χ4n) is 2.61. The molecule has 1 fully saturated rings. The van der Waals surface area contributed by atoms with Crippen molar-refractivity contribution in [2.24, 2.45) is 0 Å². The summed E-state index contributed by atoms with van der Waals surface area (Å²) < 4.78 is 25.2. The van der Waals surface area contributed by atoms with E-state index in [1.807, 2.05) is 6.07 Å². The van der Waals surface area contributed by atoms with E-state index in [2.05, 4.69) is 20.9 Å². The molecule has 0 spiro atoms. The van der Waals surface area contributed by atoms with Crippen LogP contribution in [0.3, 0.4) is 0 Å². The number of rotatable bonds is 4. The quantitative estimate of drug-likeness (QED) is 0.798. The van der Waals surface area contributed by atoms with Crippen molar-refractivity contribution in [3.05, 3.63) is 52.4 Å². The van der Waals surface area contributed by atoms with E-state index in [4.69, 9.17) is 9.47 Å². The van der Waals surface area contributed by atoms with E-state index in [9.17, 15) is 9.18 Å². The standard InChI is InChI=1S/C17H16BrFN2O3/c1-23-15-5-4-11(9-14(15)19)17(22)21-8-6-12(10-21)24-16-13(18)3-2-7-20-16/h2-5,7,9,12H,6,8,10H2,1H3/t12-/m0/s1. The molecule has 7 heteroatoms. The highest BCUT2D eigenvalue weighted by Crippen LogP contribution is 2.25. The van der Waals surface area contributed by atoms with Gasteiger partial charge in [0.2, 0.25) is 5.88 Å². The fraction of sp³-hybridized carbons (Fsp3) is 0.294. The minimum atomic E-state index is -0.548. The number of aromatic nitrogens is 1. The number of pyridine rings is 1. The molecule has 2 aromatic rings. The molecule has 0 N–H and O–H groups in total. The Balaban J connectivity index is 1.66. The third kappa shape index (κ3) is 3.51. The van der Waals surface area contributed by atoms with Gasteiger partial charge in [0.15, 0.2) is 11.6 Å². The first-order valence-electron chi connectivity index (χ1n) is 7.48. The Morgan fingerprint density at radius 3 is 2.96 bits per heavy atom. The average Bonchev–Trinajstić information content (AvgIpc) is 3.05. The van der Waals surface area contributed by atoms with Gasteiger partial charge in [0.25, 0.3) is 5.91 Å². The number of carbonyl (C=O) groups excluding carboxylic acids is 1. The van der Waals surface area contributed by atoms with Gasteiger partial charge in [-0.3, -0.25) is 4.79 Å². The molecule has 24 heavy (non-hydrogen) atoms. The molecule has 3 rings (SSSR count). The van der Waals surface area contributed by atoms with E-state index >= 15 is 0 Å². The molecule has 0 saturated carbocycles. The van der Waals surface area contributed by atoms with Crippen LogP contribution in [0.5, 0.6) is 11.6 Å². The molecule has 1 aliphatic rings. The van der Waals surface area contributed by atoms with Crippen molar-refractivity contribution in [3.8, 4) is 11.6 Å². The summed E-state index contributed by atoms with van der Waals surface area (Å²) in [6.07, 6.45) is 2.22. The lowest BCUT2D eigenvalue weighted by Crippen LogP contribution is -2.31. The van der Waals surface area contributed by atoms with Gasteiger partial charge in [-0.25, -0.2) is 9.37 Å². The largest absolute Gasteiger partial charge is 0.494 e. The first kappa shape index (κ1) is 16.7. The molecule has 0 aliphatic carbocycles. The van der Waals surface area contributed by atoms with Crippen LogP contribution in [0.1, 0.15) is 16.8 Å². The van der Waals surface area contributed by atoms with E-state index in [0.29, 0.717) is 31.0 Å². The van der Waals surface area contributed by atoms with Crippen molar-refractivity contribution in [2.45, 2.75) is 12.5 Å². The van der Waals surface area contributed by atoms with Crippen molar-refractivity contribution in [1.82, 2.24) is 9.88 Å². The predicted molar refractivity (Wildman–Crippen MR) is 89.8 cm³/mol. The van der Waals surface area contributed by atoms with Crippen molar-refractivity contribution in [1.29, 1.82) is 0 Å². The van der Waals surface area contributed by atoms with Gasteiger partial charge in [-0.05, 0) is 46.3 Å². The first-order chi connectivity index (χ1) is 11.6. The van der Waals surface area contributed by atoms with Crippen LogP contribution in [-0.4, -0.2) is 42.1 Å². The zero-order valence-electron chi connectivity index (χ0n) is 13.0. The van der Waals surface area contributed by atoms with Gasteiger partial charge in [0, 0.05) is 24.7 Å². The van der Waals surface area contributed by atoms with Crippen molar-refractivity contribution in [3.63, 3.8) is 0 Å². The van der Waals surface area contributed by atoms with Crippen molar-refractivity contribution in [2.75, 3.05) is 20.2 Å². The second kappa shape index (κ2) is 7.17. The third-order valence-electron chi connectivity index (χ3n) is 3.83. The minimum absolute atomic E-state index is 0.120. The zero-order chi connectivity index (χ0) is 17.1. The molecule has 0 bridgehead atoms. The van der Waals surface area contributed by atoms with Crippen LogP contribution >= 0.6 is 15.9 Å². The molecule has 1 amide bonds. The normalized spacial score (nSPS) is 17.0. The molecule has 5 nitrogen and oxygen atoms in total. The maximum atomic E-state index is 13.8. The number of amides is 1. The Hall–Kier alpha value is -2.15. The second-order valence-electron chi connectivity index (χ2n) is 5.42. The second-order valence-corrected chi connectivity index (χ2v) is 6.27. The van der Waals surface area contributed by atoms with E-state index in [1.54, 1.807) is 23.2 Å². The molecule has 1 aromatic carbocycles. The number of hydrogen-bond donors (Lipinski definition) is 0. The number of likely N-dealkylation sites (tertiary alicyclic amines) is 1. The molecule has 1 aliphatic heterocycles. The summed E-state index contributed by atoms with van der Waals surface area (Å²) in [5.41, 5.74) is 0.299. The van der Waals surface area contributed by atoms with Gasteiger partial charge in [-0.2, -0.15) is 0 Å². The number of carbonyl (C=O) groups is 1. The highest BCUT2D eigenvalue weighted by Gasteiger charge is 2.29. The van der Waals surface area contributed by atoms with Gasteiger partial charge in [0.05, 0.1) is 18.1 Å². The number of methoxy groups -OCH3 is 1. The van der Waals surface area contributed by atoms with E-state index < -0.39 is 5.82 Å². The van der Waals surface area contributed by atoms with Crippen molar-refractivity contribution >= 4 is 21.8 Å². The van der Waals surface area contributed by atoms with Gasteiger partial charge < -0.3 is 14.4 Å². The summed E-state index contributed by atoms with van der Waals surface area (Å²) in [5, 5.41) is 0. The Morgan fingerprint density at radius 2 is 2.25 bits per heavy atom. The van der Waals surface area contributed by atoms with Gasteiger partial charge >= 0.3 is 0 Å². The number of ether oxygens (including phenoxy) is 2. The van der Waals surface area contributed by atoms with Crippen LogP contribution in [0.4, 0.5) is 4.39 Å². The van der Waals surface area contributed by atoms with Gasteiger partial charge in [0.1, 0.15) is 6.10 Å². The molecule has 1 saturated heterocycles. The summed E-state index contributed by atoms with van der Waals surface area (Å²) in [7, 11) is 1.39. The molecule has 0 unspecified atom stereocenters. The Labute approximate surface area is 147 Å². The Morgan fingerprint density at radius 1 is 1.42 bits per heavy atom. The maximum absolute atomic E-state index is 13.8. The summed E-state index contributed by atoms with van der Waals surface area (Å²) in [5.74, 6) is -0.142. The summed E-state index contributed by atoms with van der Waals surface area (Å²) in [6.45, 7) is 0.997. The van der Waals surface area contributed by atoms with Crippen LogP contribution in [-0.2, 0) is 0 Å². The smallest absolute Gasteiger partial charge is 0.254 e. The van der Waals surface area contributed by atoms with Crippen LogP contribution in [0.15, 0.2) is 41.0 Å². The number of hydrogen-bond acceptors (Lipinski definition) is 4. The monoisotopic (exact) mass is 394 g/mol. The molecular formula is C17H16BrFN2O3. The Kier molecular flexibility index (Phi) is 4.99. The van der Waals surface area contributed by atoms with Crippen molar-refractivity contribution < 1.29 is 18.7 Å². The topological polar surface area (TPSA) is 51.7 Å². The summed E-state index contributed by atoms with van der Waals surface area (Å²) in [4.78, 5) is 18.3. The summed E-state index contributed by atoms with van der Waals surface area (Å²) in [6, 6.07) is 7.87. The van der Waals surface area contributed by atoms with E-state index in [0.717, 1.165) is 4.47 Å². The van der Waals surface area contributed by atoms with Crippen LogP contribution in [0.25, 0.3) is 0 Å². The SMILES string of the molecule is COc1ccc(C(=O)N2CC[C@H](Oc3ncccc3Br)C2)cc1F. The lowest BCUT2D eigenvalue weighted by atomic mass is 10.2. The maximum Gasteiger partial charge on any atom is 0.254 e. The minimum Gasteiger partial charge on any atom is -0.494 e. The van der Waals surface area contributed by atoms with Crippen LogP contribution in [0.2, 0.25) is 0 Å².